The van der Waals surface area contributed by atoms with Crippen LogP contribution >= 0.6 is 0 Å². The first kappa shape index (κ1) is 13.6. The predicted molar refractivity (Wildman–Crippen MR) is 77.7 cm³/mol. The molecule has 0 bridgehead atoms. The molecule has 0 saturated carbocycles. The van der Waals surface area contributed by atoms with Crippen LogP contribution in [0.15, 0.2) is 30.3 Å². The third-order valence-corrected chi connectivity index (χ3v) is 3.96. The largest absolute Gasteiger partial charge is 0.307 e. The average molecular weight is 246 g/mol. The summed E-state index contributed by atoms with van der Waals surface area (Å²) in [5.41, 5.74) is 1.42. The van der Waals surface area contributed by atoms with Crippen molar-refractivity contribution in [3.05, 3.63) is 35.9 Å². The van der Waals surface area contributed by atoms with Crippen LogP contribution in [0.4, 0.5) is 0 Å². The first-order chi connectivity index (χ1) is 8.66. The lowest BCUT2D eigenvalue weighted by Gasteiger charge is -2.34. The molecule has 0 unspecified atom stereocenters. The van der Waals surface area contributed by atoms with Crippen LogP contribution in [0, 0.1) is 5.92 Å². The van der Waals surface area contributed by atoms with Crippen molar-refractivity contribution in [2.45, 2.75) is 38.8 Å². The third kappa shape index (κ3) is 3.56. The van der Waals surface area contributed by atoms with Crippen molar-refractivity contribution >= 4 is 0 Å². The van der Waals surface area contributed by atoms with E-state index in [-0.39, 0.29) is 0 Å². The number of hydrogen-bond acceptors (Lipinski definition) is 2. The summed E-state index contributed by atoms with van der Waals surface area (Å²) >= 11 is 0. The molecular weight excluding hydrogens is 220 g/mol. The smallest absolute Gasteiger partial charge is 0.0345 e. The van der Waals surface area contributed by atoms with Gasteiger partial charge in [-0.1, -0.05) is 44.2 Å². The molecule has 0 radical (unpaired) electrons. The molecule has 1 heterocycles. The van der Waals surface area contributed by atoms with Crippen molar-refractivity contribution in [3.8, 4) is 0 Å². The maximum Gasteiger partial charge on any atom is 0.0345 e. The Balaban J connectivity index is 1.99. The molecule has 2 heteroatoms. The molecule has 1 aromatic rings. The summed E-state index contributed by atoms with van der Waals surface area (Å²) in [6.45, 7) is 7.05. The van der Waals surface area contributed by atoms with E-state index in [2.05, 4.69) is 61.4 Å². The molecule has 1 aromatic carbocycles. The SMILES string of the molecule is CC(C)[C@H](NC1CCN(C)CC1)c1ccccc1. The van der Waals surface area contributed by atoms with Gasteiger partial charge in [0, 0.05) is 12.1 Å². The minimum Gasteiger partial charge on any atom is -0.307 e. The van der Waals surface area contributed by atoms with Crippen LogP contribution in [0.2, 0.25) is 0 Å². The number of likely N-dealkylation sites (tertiary alicyclic amines) is 1. The van der Waals surface area contributed by atoms with Gasteiger partial charge in [0.25, 0.3) is 0 Å². The van der Waals surface area contributed by atoms with Crippen LogP contribution < -0.4 is 5.32 Å². The van der Waals surface area contributed by atoms with E-state index in [0.29, 0.717) is 18.0 Å². The van der Waals surface area contributed by atoms with Crippen molar-refractivity contribution in [1.82, 2.24) is 10.2 Å². The minimum absolute atomic E-state index is 0.486. The molecule has 0 aliphatic carbocycles. The van der Waals surface area contributed by atoms with Crippen molar-refractivity contribution < 1.29 is 0 Å². The van der Waals surface area contributed by atoms with Crippen LogP contribution in [0.3, 0.4) is 0 Å². The molecule has 1 N–H and O–H groups in total. The second-order valence-corrected chi connectivity index (χ2v) is 5.88. The fourth-order valence-electron chi connectivity index (χ4n) is 2.76. The van der Waals surface area contributed by atoms with Crippen LogP contribution in [-0.2, 0) is 0 Å². The Bertz CT molecular complexity index is 339. The quantitative estimate of drug-likeness (QED) is 0.878. The van der Waals surface area contributed by atoms with Crippen LogP contribution in [0.1, 0.15) is 38.3 Å². The van der Waals surface area contributed by atoms with Gasteiger partial charge in [-0.25, -0.2) is 0 Å². The monoisotopic (exact) mass is 246 g/mol. The Labute approximate surface area is 111 Å². The van der Waals surface area contributed by atoms with E-state index in [4.69, 9.17) is 0 Å². The fourth-order valence-corrected chi connectivity index (χ4v) is 2.76. The molecule has 2 nitrogen and oxygen atoms in total. The average Bonchev–Trinajstić information content (AvgIpc) is 2.38. The molecule has 1 aliphatic heterocycles. The van der Waals surface area contributed by atoms with E-state index in [1.807, 2.05) is 0 Å². The standard InChI is InChI=1S/C16H26N2/c1-13(2)16(14-7-5-4-6-8-14)17-15-9-11-18(3)12-10-15/h4-8,13,15-17H,9-12H2,1-3H3/t16-/m0/s1. The van der Waals surface area contributed by atoms with Gasteiger partial charge in [-0.3, -0.25) is 0 Å². The zero-order valence-corrected chi connectivity index (χ0v) is 11.9. The summed E-state index contributed by atoms with van der Waals surface area (Å²) < 4.78 is 0. The summed E-state index contributed by atoms with van der Waals surface area (Å²) in [7, 11) is 2.22. The number of nitrogens with zero attached hydrogens (tertiary/aromatic N) is 1. The zero-order valence-electron chi connectivity index (χ0n) is 11.9. The van der Waals surface area contributed by atoms with Gasteiger partial charge in [-0.2, -0.15) is 0 Å². The number of hydrogen-bond donors (Lipinski definition) is 1. The van der Waals surface area contributed by atoms with Gasteiger partial charge in [0.1, 0.15) is 0 Å². The molecule has 1 fully saturated rings. The fraction of sp³-hybridized carbons (Fsp3) is 0.625. The van der Waals surface area contributed by atoms with E-state index >= 15 is 0 Å². The van der Waals surface area contributed by atoms with E-state index in [1.54, 1.807) is 0 Å². The molecule has 2 rings (SSSR count). The molecule has 1 atom stereocenters. The summed E-state index contributed by atoms with van der Waals surface area (Å²) in [5, 5.41) is 3.87. The summed E-state index contributed by atoms with van der Waals surface area (Å²) in [5.74, 6) is 0.632. The molecule has 0 aromatic heterocycles. The second-order valence-electron chi connectivity index (χ2n) is 5.88. The maximum atomic E-state index is 3.87. The minimum atomic E-state index is 0.486. The van der Waals surface area contributed by atoms with Crippen molar-refractivity contribution in [1.29, 1.82) is 0 Å². The van der Waals surface area contributed by atoms with E-state index < -0.39 is 0 Å². The van der Waals surface area contributed by atoms with Gasteiger partial charge >= 0.3 is 0 Å². The molecule has 100 valence electrons. The second kappa shape index (κ2) is 6.35. The van der Waals surface area contributed by atoms with Crippen molar-refractivity contribution in [2.24, 2.45) is 5.92 Å². The summed E-state index contributed by atoms with van der Waals surface area (Å²) in [6, 6.07) is 12.0. The summed E-state index contributed by atoms with van der Waals surface area (Å²) in [6.07, 6.45) is 2.54. The van der Waals surface area contributed by atoms with Crippen molar-refractivity contribution in [2.75, 3.05) is 20.1 Å². The van der Waals surface area contributed by atoms with Gasteiger partial charge in [0.2, 0.25) is 0 Å². The number of nitrogens with one attached hydrogen (secondary N) is 1. The van der Waals surface area contributed by atoms with Crippen LogP contribution in [-0.4, -0.2) is 31.1 Å². The Hall–Kier alpha value is -0.860. The number of piperidine rings is 1. The molecule has 0 amide bonds. The first-order valence-electron chi connectivity index (χ1n) is 7.16. The van der Waals surface area contributed by atoms with Crippen LogP contribution in [0.25, 0.3) is 0 Å². The van der Waals surface area contributed by atoms with E-state index in [1.165, 1.54) is 31.5 Å². The Morgan fingerprint density at radius 1 is 1.11 bits per heavy atom. The lowest BCUT2D eigenvalue weighted by atomic mass is 9.93. The lowest BCUT2D eigenvalue weighted by Crippen LogP contribution is -2.43. The Kier molecular flexibility index (Phi) is 4.79. The van der Waals surface area contributed by atoms with Gasteiger partial charge < -0.3 is 10.2 Å². The Morgan fingerprint density at radius 3 is 2.28 bits per heavy atom. The predicted octanol–water partition coefficient (Wildman–Crippen LogP) is 3.07. The normalized spacial score (nSPS) is 20.2. The molecule has 18 heavy (non-hydrogen) atoms. The highest BCUT2D eigenvalue weighted by molar-refractivity contribution is 5.19. The lowest BCUT2D eigenvalue weighted by molar-refractivity contribution is 0.214. The number of rotatable bonds is 4. The molecule has 0 spiro atoms. The highest BCUT2D eigenvalue weighted by atomic mass is 15.1. The van der Waals surface area contributed by atoms with Gasteiger partial charge in [-0.15, -0.1) is 0 Å². The first-order valence-corrected chi connectivity index (χ1v) is 7.16. The van der Waals surface area contributed by atoms with Gasteiger partial charge in [-0.05, 0) is 44.5 Å². The molecule has 1 saturated heterocycles. The van der Waals surface area contributed by atoms with Gasteiger partial charge in [0.15, 0.2) is 0 Å². The van der Waals surface area contributed by atoms with E-state index in [0.717, 1.165) is 0 Å². The van der Waals surface area contributed by atoms with Crippen molar-refractivity contribution in [3.63, 3.8) is 0 Å². The summed E-state index contributed by atoms with van der Waals surface area (Å²) in [4.78, 5) is 2.42. The topological polar surface area (TPSA) is 15.3 Å². The molecule has 1 aliphatic rings. The highest BCUT2D eigenvalue weighted by Crippen LogP contribution is 2.23. The highest BCUT2D eigenvalue weighted by Gasteiger charge is 2.22. The Morgan fingerprint density at radius 2 is 1.72 bits per heavy atom. The maximum absolute atomic E-state index is 3.87. The molecular formula is C16H26N2. The zero-order chi connectivity index (χ0) is 13.0. The van der Waals surface area contributed by atoms with Crippen LogP contribution in [0.5, 0.6) is 0 Å². The van der Waals surface area contributed by atoms with Gasteiger partial charge in [0.05, 0.1) is 0 Å². The third-order valence-electron chi connectivity index (χ3n) is 3.96. The van der Waals surface area contributed by atoms with E-state index in [9.17, 15) is 0 Å². The number of benzene rings is 1.